The molecular formula is C13H18BN3O3. The SMILES string of the molecule is COc1cnc2[nH]cc(B3OC(C)(C)C(C)(C)O3)c2n1. The lowest BCUT2D eigenvalue weighted by Gasteiger charge is -2.32. The van der Waals surface area contributed by atoms with Gasteiger partial charge in [0.2, 0.25) is 5.88 Å². The molecule has 0 aromatic carbocycles. The number of methoxy groups -OCH3 is 1. The van der Waals surface area contributed by atoms with E-state index in [1.54, 1.807) is 13.3 Å². The van der Waals surface area contributed by atoms with Gasteiger partial charge >= 0.3 is 7.12 Å². The van der Waals surface area contributed by atoms with Gasteiger partial charge in [-0.15, -0.1) is 0 Å². The standard InChI is InChI=1S/C13H18BN3O3/c1-12(2)13(3,4)20-14(19-12)8-6-15-11-10(8)17-9(18-5)7-16-11/h6-7H,1-5H3,(H,15,16). The van der Waals surface area contributed by atoms with Crippen molar-refractivity contribution in [2.75, 3.05) is 7.11 Å². The van der Waals surface area contributed by atoms with Crippen molar-refractivity contribution in [3.63, 3.8) is 0 Å². The molecule has 1 aliphatic heterocycles. The van der Waals surface area contributed by atoms with Gasteiger partial charge in [-0.1, -0.05) is 0 Å². The molecule has 0 spiro atoms. The maximum atomic E-state index is 6.04. The highest BCUT2D eigenvalue weighted by atomic mass is 16.7. The fourth-order valence-corrected chi connectivity index (χ4v) is 2.14. The molecule has 1 N–H and O–H groups in total. The minimum atomic E-state index is -0.463. The Morgan fingerprint density at radius 1 is 1.20 bits per heavy atom. The first-order chi connectivity index (χ1) is 9.34. The predicted octanol–water partition coefficient (Wildman–Crippen LogP) is 1.27. The van der Waals surface area contributed by atoms with E-state index in [4.69, 9.17) is 14.0 Å². The van der Waals surface area contributed by atoms with Crippen LogP contribution in [0, 0.1) is 0 Å². The van der Waals surface area contributed by atoms with Crippen LogP contribution < -0.4 is 10.2 Å². The highest BCUT2D eigenvalue weighted by Gasteiger charge is 2.52. The highest BCUT2D eigenvalue weighted by Crippen LogP contribution is 2.36. The number of nitrogens with one attached hydrogen (secondary N) is 1. The fraction of sp³-hybridized carbons (Fsp3) is 0.538. The van der Waals surface area contributed by atoms with Gasteiger partial charge < -0.3 is 19.0 Å². The molecule has 6 nitrogen and oxygen atoms in total. The zero-order valence-corrected chi connectivity index (χ0v) is 12.4. The molecule has 106 valence electrons. The van der Waals surface area contributed by atoms with Crippen molar-refractivity contribution >= 4 is 23.7 Å². The van der Waals surface area contributed by atoms with Gasteiger partial charge in [-0.2, -0.15) is 0 Å². The minimum Gasteiger partial charge on any atom is -0.480 e. The number of aromatic nitrogens is 3. The van der Waals surface area contributed by atoms with Gasteiger partial charge in [0.05, 0.1) is 24.5 Å². The summed E-state index contributed by atoms with van der Waals surface area (Å²) in [6, 6.07) is 0. The lowest BCUT2D eigenvalue weighted by atomic mass is 9.80. The highest BCUT2D eigenvalue weighted by molar-refractivity contribution is 6.64. The third-order valence-corrected chi connectivity index (χ3v) is 4.10. The molecule has 1 fully saturated rings. The molecule has 1 aliphatic rings. The summed E-state index contributed by atoms with van der Waals surface area (Å²) in [4.78, 5) is 11.8. The summed E-state index contributed by atoms with van der Waals surface area (Å²) in [6.07, 6.45) is 3.40. The molecule has 1 saturated heterocycles. The van der Waals surface area contributed by atoms with E-state index in [2.05, 4.69) is 15.0 Å². The van der Waals surface area contributed by atoms with Crippen LogP contribution in [0.25, 0.3) is 11.2 Å². The summed E-state index contributed by atoms with van der Waals surface area (Å²) in [6.45, 7) is 8.09. The molecule has 7 heteroatoms. The zero-order valence-electron chi connectivity index (χ0n) is 12.4. The minimum absolute atomic E-state index is 0.381. The molecule has 3 rings (SSSR count). The third-order valence-electron chi connectivity index (χ3n) is 4.10. The summed E-state index contributed by atoms with van der Waals surface area (Å²) >= 11 is 0. The van der Waals surface area contributed by atoms with Crippen molar-refractivity contribution < 1.29 is 14.0 Å². The first kappa shape index (κ1) is 13.4. The van der Waals surface area contributed by atoms with E-state index in [1.165, 1.54) is 0 Å². The Morgan fingerprint density at radius 2 is 1.85 bits per heavy atom. The molecule has 0 atom stereocenters. The summed E-state index contributed by atoms with van der Waals surface area (Å²) < 4.78 is 17.2. The molecule has 0 amide bonds. The first-order valence-corrected chi connectivity index (χ1v) is 6.58. The lowest BCUT2D eigenvalue weighted by molar-refractivity contribution is 0.00578. The van der Waals surface area contributed by atoms with Gasteiger partial charge in [0.1, 0.15) is 5.52 Å². The molecule has 2 aromatic heterocycles. The number of hydrogen-bond acceptors (Lipinski definition) is 5. The average molecular weight is 275 g/mol. The predicted molar refractivity (Wildman–Crippen MR) is 76.2 cm³/mol. The van der Waals surface area contributed by atoms with E-state index in [0.717, 1.165) is 5.46 Å². The number of hydrogen-bond donors (Lipinski definition) is 1. The van der Waals surface area contributed by atoms with Crippen LogP contribution in [0.5, 0.6) is 5.88 Å². The second-order valence-corrected chi connectivity index (χ2v) is 5.94. The number of rotatable bonds is 2. The Hall–Kier alpha value is -1.60. The van der Waals surface area contributed by atoms with E-state index in [9.17, 15) is 0 Å². The van der Waals surface area contributed by atoms with Crippen molar-refractivity contribution in [3.8, 4) is 5.88 Å². The van der Waals surface area contributed by atoms with Crippen LogP contribution in [0.1, 0.15) is 27.7 Å². The van der Waals surface area contributed by atoms with Crippen molar-refractivity contribution in [3.05, 3.63) is 12.4 Å². The quantitative estimate of drug-likeness (QED) is 0.836. The molecule has 0 unspecified atom stereocenters. The molecule has 0 radical (unpaired) electrons. The molecular weight excluding hydrogens is 257 g/mol. The summed E-state index contributed by atoms with van der Waals surface area (Å²) in [5, 5.41) is 0. The number of nitrogens with zero attached hydrogens (tertiary/aromatic N) is 2. The van der Waals surface area contributed by atoms with Crippen LogP contribution in [0.3, 0.4) is 0 Å². The second kappa shape index (κ2) is 4.20. The van der Waals surface area contributed by atoms with Gasteiger partial charge in [0.25, 0.3) is 0 Å². The normalized spacial score (nSPS) is 20.6. The largest absolute Gasteiger partial charge is 0.498 e. The van der Waals surface area contributed by atoms with Gasteiger partial charge in [-0.05, 0) is 27.7 Å². The van der Waals surface area contributed by atoms with E-state index in [-0.39, 0.29) is 11.2 Å². The molecule has 0 aliphatic carbocycles. The van der Waals surface area contributed by atoms with Crippen molar-refractivity contribution in [1.29, 1.82) is 0 Å². The summed E-state index contributed by atoms with van der Waals surface area (Å²) in [5.74, 6) is 0.467. The van der Waals surface area contributed by atoms with E-state index >= 15 is 0 Å². The van der Waals surface area contributed by atoms with Crippen molar-refractivity contribution in [2.24, 2.45) is 0 Å². The average Bonchev–Trinajstić information content (AvgIpc) is 2.87. The van der Waals surface area contributed by atoms with Crippen LogP contribution in [0.15, 0.2) is 12.4 Å². The molecule has 0 bridgehead atoms. The number of fused-ring (bicyclic) bond motifs is 1. The van der Waals surface area contributed by atoms with Crippen LogP contribution in [0.4, 0.5) is 0 Å². The van der Waals surface area contributed by atoms with Crippen molar-refractivity contribution in [2.45, 2.75) is 38.9 Å². The Morgan fingerprint density at radius 3 is 2.45 bits per heavy atom. The maximum absolute atomic E-state index is 6.04. The summed E-state index contributed by atoms with van der Waals surface area (Å²) in [5.41, 5.74) is 1.48. The van der Waals surface area contributed by atoms with Gasteiger partial charge in [0.15, 0.2) is 5.65 Å². The fourth-order valence-electron chi connectivity index (χ4n) is 2.14. The van der Waals surface area contributed by atoms with E-state index < -0.39 is 7.12 Å². The Balaban J connectivity index is 2.03. The molecule has 0 saturated carbocycles. The van der Waals surface area contributed by atoms with Gasteiger partial charge in [-0.25, -0.2) is 9.97 Å². The van der Waals surface area contributed by atoms with E-state index in [0.29, 0.717) is 17.0 Å². The smallest absolute Gasteiger partial charge is 0.480 e. The van der Waals surface area contributed by atoms with E-state index in [1.807, 2.05) is 33.9 Å². The number of ether oxygens (including phenoxy) is 1. The number of aromatic amines is 1. The lowest BCUT2D eigenvalue weighted by Crippen LogP contribution is -2.41. The monoisotopic (exact) mass is 275 g/mol. The molecule has 3 heterocycles. The first-order valence-electron chi connectivity index (χ1n) is 6.58. The van der Waals surface area contributed by atoms with Gasteiger partial charge in [0, 0.05) is 11.7 Å². The van der Waals surface area contributed by atoms with Crippen LogP contribution in [-0.2, 0) is 9.31 Å². The Kier molecular flexibility index (Phi) is 2.81. The van der Waals surface area contributed by atoms with Crippen LogP contribution in [0.2, 0.25) is 0 Å². The molecule has 20 heavy (non-hydrogen) atoms. The summed E-state index contributed by atoms with van der Waals surface area (Å²) in [7, 11) is 1.10. The second-order valence-electron chi connectivity index (χ2n) is 5.94. The Labute approximate surface area is 118 Å². The topological polar surface area (TPSA) is 69.3 Å². The zero-order chi connectivity index (χ0) is 14.5. The molecule has 2 aromatic rings. The maximum Gasteiger partial charge on any atom is 0.498 e. The van der Waals surface area contributed by atoms with Crippen molar-refractivity contribution in [1.82, 2.24) is 15.0 Å². The Bertz CT molecular complexity index is 637. The number of H-pyrrole nitrogens is 1. The van der Waals surface area contributed by atoms with Crippen LogP contribution in [-0.4, -0.2) is 40.4 Å². The van der Waals surface area contributed by atoms with Gasteiger partial charge in [-0.3, -0.25) is 0 Å². The van der Waals surface area contributed by atoms with Crippen LogP contribution >= 0.6 is 0 Å². The third kappa shape index (κ3) is 1.89.